The number of rotatable bonds is 5. The Morgan fingerprint density at radius 3 is 2.55 bits per heavy atom. The van der Waals surface area contributed by atoms with Crippen LogP contribution in [0, 0.1) is 10.1 Å². The molecule has 0 bridgehead atoms. The van der Waals surface area contributed by atoms with Gasteiger partial charge in [0.2, 0.25) is 0 Å². The summed E-state index contributed by atoms with van der Waals surface area (Å²) in [5.74, 6) is -0.575. The minimum absolute atomic E-state index is 0.134. The molecule has 22 heavy (non-hydrogen) atoms. The second-order valence-corrected chi connectivity index (χ2v) is 5.77. The summed E-state index contributed by atoms with van der Waals surface area (Å²) in [6, 6.07) is 11.3. The van der Waals surface area contributed by atoms with Crippen LogP contribution in [0.25, 0.3) is 0 Å². The van der Waals surface area contributed by atoms with Gasteiger partial charge in [0.05, 0.1) is 22.0 Å². The molecule has 0 radical (unpaired) electrons. The molecule has 2 aromatic rings. The molecule has 0 atom stereocenters. The fourth-order valence-electron chi connectivity index (χ4n) is 1.72. The zero-order chi connectivity index (χ0) is 16.1. The molecule has 0 N–H and O–H groups in total. The van der Waals surface area contributed by atoms with Crippen molar-refractivity contribution in [3.05, 3.63) is 63.2 Å². The Hall–Kier alpha value is -2.05. The maximum absolute atomic E-state index is 11.7. The molecular formula is C15H12ClNO4S. The lowest BCUT2D eigenvalue weighted by Crippen LogP contribution is -2.05. The third-order valence-corrected chi connectivity index (χ3v) is 4.03. The average molecular weight is 338 g/mol. The minimum Gasteiger partial charge on any atom is -0.462 e. The summed E-state index contributed by atoms with van der Waals surface area (Å²) < 4.78 is 4.85. The Kier molecular flexibility index (Phi) is 5.41. The van der Waals surface area contributed by atoms with Crippen molar-refractivity contribution in [2.75, 3.05) is 6.61 Å². The third-order valence-electron chi connectivity index (χ3n) is 2.71. The Morgan fingerprint density at radius 2 is 1.95 bits per heavy atom. The van der Waals surface area contributed by atoms with Gasteiger partial charge >= 0.3 is 5.97 Å². The van der Waals surface area contributed by atoms with Gasteiger partial charge < -0.3 is 4.74 Å². The predicted octanol–water partition coefficient (Wildman–Crippen LogP) is 4.58. The molecule has 7 heteroatoms. The van der Waals surface area contributed by atoms with E-state index in [0.29, 0.717) is 9.92 Å². The van der Waals surface area contributed by atoms with Crippen LogP contribution >= 0.6 is 23.4 Å². The van der Waals surface area contributed by atoms with Gasteiger partial charge in [-0.3, -0.25) is 10.1 Å². The van der Waals surface area contributed by atoms with Gasteiger partial charge in [0.15, 0.2) is 0 Å². The number of nitro groups is 1. The van der Waals surface area contributed by atoms with Crippen molar-refractivity contribution in [1.29, 1.82) is 0 Å². The molecule has 114 valence electrons. The maximum Gasteiger partial charge on any atom is 0.338 e. The Labute approximate surface area is 136 Å². The van der Waals surface area contributed by atoms with Crippen LogP contribution in [-0.2, 0) is 4.74 Å². The molecule has 0 aliphatic heterocycles. The number of ether oxygens (including phenoxy) is 1. The van der Waals surface area contributed by atoms with Gasteiger partial charge in [0.1, 0.15) is 0 Å². The van der Waals surface area contributed by atoms with E-state index in [0.717, 1.165) is 4.90 Å². The van der Waals surface area contributed by atoms with E-state index in [4.69, 9.17) is 16.3 Å². The first-order chi connectivity index (χ1) is 10.5. The van der Waals surface area contributed by atoms with Crippen molar-refractivity contribution >= 4 is 35.0 Å². The lowest BCUT2D eigenvalue weighted by molar-refractivity contribution is -0.387. The number of hydrogen-bond donors (Lipinski definition) is 0. The summed E-state index contributed by atoms with van der Waals surface area (Å²) in [7, 11) is 0. The van der Waals surface area contributed by atoms with Crippen molar-refractivity contribution in [1.82, 2.24) is 0 Å². The molecule has 0 fully saturated rings. The molecule has 0 amide bonds. The molecule has 0 aliphatic rings. The number of hydrogen-bond acceptors (Lipinski definition) is 5. The van der Waals surface area contributed by atoms with Crippen molar-refractivity contribution in [3.63, 3.8) is 0 Å². The summed E-state index contributed by atoms with van der Waals surface area (Å²) >= 11 is 7.05. The summed E-state index contributed by atoms with van der Waals surface area (Å²) in [6.45, 7) is 1.89. The molecule has 0 heterocycles. The van der Waals surface area contributed by atoms with Crippen molar-refractivity contribution in [3.8, 4) is 0 Å². The highest BCUT2D eigenvalue weighted by molar-refractivity contribution is 7.99. The van der Waals surface area contributed by atoms with Gasteiger partial charge in [0.25, 0.3) is 5.69 Å². The van der Waals surface area contributed by atoms with E-state index in [1.54, 1.807) is 37.3 Å². The average Bonchev–Trinajstić information content (AvgIpc) is 2.50. The van der Waals surface area contributed by atoms with Crippen LogP contribution in [0.4, 0.5) is 5.69 Å². The Morgan fingerprint density at radius 1 is 1.27 bits per heavy atom. The molecular weight excluding hydrogens is 326 g/mol. The van der Waals surface area contributed by atoms with Crippen LogP contribution in [-0.4, -0.2) is 17.5 Å². The first-order valence-electron chi connectivity index (χ1n) is 6.40. The Bertz CT molecular complexity index is 703. The number of esters is 1. The van der Waals surface area contributed by atoms with E-state index in [2.05, 4.69) is 0 Å². The van der Waals surface area contributed by atoms with Gasteiger partial charge in [-0.05, 0) is 43.3 Å². The SMILES string of the molecule is CCOC(=O)c1ccc(Sc2ccc(Cl)cc2)c([N+](=O)[O-])c1. The number of carbonyl (C=O) groups is 1. The number of benzene rings is 2. The van der Waals surface area contributed by atoms with Gasteiger partial charge in [-0.2, -0.15) is 0 Å². The standard InChI is InChI=1S/C15H12ClNO4S/c1-2-21-15(18)10-3-8-14(13(9-10)17(19)20)22-12-6-4-11(16)5-7-12/h3-9H,2H2,1H3. The molecule has 0 spiro atoms. The Balaban J connectivity index is 2.33. The highest BCUT2D eigenvalue weighted by Crippen LogP contribution is 2.35. The molecule has 5 nitrogen and oxygen atoms in total. The van der Waals surface area contributed by atoms with Gasteiger partial charge in [0, 0.05) is 16.0 Å². The van der Waals surface area contributed by atoms with Crippen molar-refractivity contribution in [2.45, 2.75) is 16.7 Å². The van der Waals surface area contributed by atoms with Gasteiger partial charge in [-0.25, -0.2) is 4.79 Å². The lowest BCUT2D eigenvalue weighted by Gasteiger charge is -2.06. The number of carbonyl (C=O) groups excluding carboxylic acids is 1. The summed E-state index contributed by atoms with van der Waals surface area (Å²) in [5.41, 5.74) is 0.0273. The van der Waals surface area contributed by atoms with Crippen molar-refractivity contribution < 1.29 is 14.5 Å². The second-order valence-electron chi connectivity index (χ2n) is 4.22. The predicted molar refractivity (Wildman–Crippen MR) is 84.6 cm³/mol. The number of nitrogens with zero attached hydrogens (tertiary/aromatic N) is 1. The first-order valence-corrected chi connectivity index (χ1v) is 7.59. The van der Waals surface area contributed by atoms with Crippen LogP contribution in [0.1, 0.15) is 17.3 Å². The lowest BCUT2D eigenvalue weighted by atomic mass is 10.2. The van der Waals surface area contributed by atoms with Crippen LogP contribution in [0.15, 0.2) is 52.3 Å². The van der Waals surface area contributed by atoms with E-state index in [-0.39, 0.29) is 17.9 Å². The summed E-state index contributed by atoms with van der Waals surface area (Å²) in [5, 5.41) is 11.8. The molecule has 0 aliphatic carbocycles. The maximum atomic E-state index is 11.7. The first kappa shape index (κ1) is 16.3. The fourth-order valence-corrected chi connectivity index (χ4v) is 2.74. The van der Waals surface area contributed by atoms with Crippen LogP contribution in [0.2, 0.25) is 5.02 Å². The zero-order valence-electron chi connectivity index (χ0n) is 11.6. The van der Waals surface area contributed by atoms with Crippen LogP contribution < -0.4 is 0 Å². The highest BCUT2D eigenvalue weighted by atomic mass is 35.5. The number of halogens is 1. The smallest absolute Gasteiger partial charge is 0.338 e. The molecule has 0 unspecified atom stereocenters. The zero-order valence-corrected chi connectivity index (χ0v) is 13.2. The van der Waals surface area contributed by atoms with Crippen LogP contribution in [0.3, 0.4) is 0 Å². The minimum atomic E-state index is -0.575. The summed E-state index contributed by atoms with van der Waals surface area (Å²) in [6.07, 6.45) is 0. The third kappa shape index (κ3) is 3.99. The van der Waals surface area contributed by atoms with Crippen molar-refractivity contribution in [2.24, 2.45) is 0 Å². The molecule has 0 saturated heterocycles. The van der Waals surface area contributed by atoms with E-state index in [9.17, 15) is 14.9 Å². The van der Waals surface area contributed by atoms with E-state index in [1.165, 1.54) is 23.9 Å². The van der Waals surface area contributed by atoms with E-state index >= 15 is 0 Å². The topological polar surface area (TPSA) is 69.4 Å². The number of nitro benzene ring substituents is 1. The van der Waals surface area contributed by atoms with E-state index < -0.39 is 10.9 Å². The monoisotopic (exact) mass is 337 g/mol. The molecule has 2 aromatic carbocycles. The molecule has 2 rings (SSSR count). The normalized spacial score (nSPS) is 10.3. The summed E-state index contributed by atoms with van der Waals surface area (Å²) in [4.78, 5) is 23.6. The molecule has 0 aromatic heterocycles. The largest absolute Gasteiger partial charge is 0.462 e. The highest BCUT2D eigenvalue weighted by Gasteiger charge is 2.19. The quantitative estimate of drug-likeness (QED) is 0.454. The van der Waals surface area contributed by atoms with Gasteiger partial charge in [-0.1, -0.05) is 23.4 Å². The van der Waals surface area contributed by atoms with E-state index in [1.807, 2.05) is 0 Å². The fraction of sp³-hybridized carbons (Fsp3) is 0.133. The second kappa shape index (κ2) is 7.29. The van der Waals surface area contributed by atoms with Crippen LogP contribution in [0.5, 0.6) is 0 Å². The van der Waals surface area contributed by atoms with Gasteiger partial charge in [-0.15, -0.1) is 0 Å². The molecule has 0 saturated carbocycles.